The highest BCUT2D eigenvalue weighted by Gasteiger charge is 2.22. The van der Waals surface area contributed by atoms with Crippen molar-refractivity contribution in [3.8, 4) is 0 Å². The Bertz CT molecular complexity index is 462. The molecular weight excluding hydrogens is 274 g/mol. The molecule has 0 unspecified atom stereocenters. The molecule has 4 heteroatoms. The van der Waals surface area contributed by atoms with Gasteiger partial charge in [0, 0.05) is 45.8 Å². The topological polar surface area (TPSA) is 26.8 Å². The molecule has 1 aromatic rings. The number of piperazine rings is 1. The van der Waals surface area contributed by atoms with Crippen molar-refractivity contribution in [2.75, 3.05) is 45.8 Å². The molecule has 0 spiro atoms. The van der Waals surface area contributed by atoms with Crippen LogP contribution < -0.4 is 0 Å². The third-order valence-corrected chi connectivity index (χ3v) is 4.78. The number of likely N-dealkylation sites (tertiary alicyclic amines) is 1. The molecule has 0 bridgehead atoms. The van der Waals surface area contributed by atoms with E-state index in [0.29, 0.717) is 12.5 Å². The molecule has 2 heterocycles. The quantitative estimate of drug-likeness (QED) is 0.849. The number of nitrogens with zero attached hydrogens (tertiary/aromatic N) is 3. The molecular formula is C18H27N3O. The van der Waals surface area contributed by atoms with Gasteiger partial charge in [0.05, 0.1) is 6.54 Å². The van der Waals surface area contributed by atoms with Gasteiger partial charge in [0.1, 0.15) is 0 Å². The molecule has 0 aliphatic carbocycles. The van der Waals surface area contributed by atoms with Gasteiger partial charge in [-0.15, -0.1) is 0 Å². The molecule has 120 valence electrons. The predicted molar refractivity (Wildman–Crippen MR) is 88.6 cm³/mol. The van der Waals surface area contributed by atoms with Crippen LogP contribution in [-0.2, 0) is 11.3 Å². The first kappa shape index (κ1) is 15.5. The Morgan fingerprint density at radius 2 is 1.45 bits per heavy atom. The third kappa shape index (κ3) is 4.31. The van der Waals surface area contributed by atoms with Crippen molar-refractivity contribution in [1.29, 1.82) is 0 Å². The summed E-state index contributed by atoms with van der Waals surface area (Å²) in [6, 6.07) is 10.6. The number of piperidine rings is 1. The summed E-state index contributed by atoms with van der Waals surface area (Å²) >= 11 is 0. The highest BCUT2D eigenvalue weighted by Crippen LogP contribution is 2.11. The number of carbonyl (C=O) groups excluding carboxylic acids is 1. The van der Waals surface area contributed by atoms with Crippen LogP contribution in [0.4, 0.5) is 0 Å². The second-order valence-corrected chi connectivity index (χ2v) is 6.48. The van der Waals surface area contributed by atoms with Gasteiger partial charge in [-0.2, -0.15) is 0 Å². The minimum Gasteiger partial charge on any atom is -0.342 e. The predicted octanol–water partition coefficient (Wildman–Crippen LogP) is 1.82. The Kier molecular flexibility index (Phi) is 5.46. The average Bonchev–Trinajstić information content (AvgIpc) is 2.58. The normalized spacial score (nSPS) is 21.0. The summed E-state index contributed by atoms with van der Waals surface area (Å²) in [5.41, 5.74) is 1.38. The van der Waals surface area contributed by atoms with E-state index in [9.17, 15) is 4.79 Å². The van der Waals surface area contributed by atoms with E-state index >= 15 is 0 Å². The smallest absolute Gasteiger partial charge is 0.236 e. The van der Waals surface area contributed by atoms with Gasteiger partial charge in [-0.1, -0.05) is 30.3 Å². The molecule has 0 aromatic heterocycles. The van der Waals surface area contributed by atoms with Crippen LogP contribution >= 0.6 is 0 Å². The lowest BCUT2D eigenvalue weighted by molar-refractivity contribution is -0.133. The Balaban J connectivity index is 1.40. The lowest BCUT2D eigenvalue weighted by atomic mass is 10.1. The van der Waals surface area contributed by atoms with Crippen LogP contribution in [0.1, 0.15) is 24.8 Å². The van der Waals surface area contributed by atoms with Crippen molar-refractivity contribution in [2.45, 2.75) is 25.8 Å². The molecule has 1 aromatic carbocycles. The van der Waals surface area contributed by atoms with Gasteiger partial charge in [0.2, 0.25) is 5.91 Å². The zero-order chi connectivity index (χ0) is 15.2. The fourth-order valence-electron chi connectivity index (χ4n) is 3.38. The zero-order valence-corrected chi connectivity index (χ0v) is 13.4. The van der Waals surface area contributed by atoms with Crippen LogP contribution in [0.25, 0.3) is 0 Å². The maximum Gasteiger partial charge on any atom is 0.236 e. The average molecular weight is 301 g/mol. The van der Waals surface area contributed by atoms with Crippen molar-refractivity contribution in [1.82, 2.24) is 14.7 Å². The molecule has 4 nitrogen and oxygen atoms in total. The monoisotopic (exact) mass is 301 g/mol. The number of rotatable bonds is 4. The van der Waals surface area contributed by atoms with E-state index in [1.54, 1.807) is 0 Å². The fourth-order valence-corrected chi connectivity index (χ4v) is 3.38. The highest BCUT2D eigenvalue weighted by atomic mass is 16.2. The Morgan fingerprint density at radius 3 is 2.14 bits per heavy atom. The van der Waals surface area contributed by atoms with E-state index in [4.69, 9.17) is 0 Å². The first-order valence-corrected chi connectivity index (χ1v) is 8.58. The molecule has 2 fully saturated rings. The van der Waals surface area contributed by atoms with Gasteiger partial charge in [0.25, 0.3) is 0 Å². The van der Waals surface area contributed by atoms with Gasteiger partial charge >= 0.3 is 0 Å². The van der Waals surface area contributed by atoms with E-state index < -0.39 is 0 Å². The molecule has 2 aliphatic heterocycles. The van der Waals surface area contributed by atoms with Crippen molar-refractivity contribution in [3.63, 3.8) is 0 Å². The van der Waals surface area contributed by atoms with E-state index in [1.807, 2.05) is 0 Å². The zero-order valence-electron chi connectivity index (χ0n) is 13.4. The summed E-state index contributed by atoms with van der Waals surface area (Å²) < 4.78 is 0. The molecule has 0 saturated carbocycles. The number of hydrogen-bond acceptors (Lipinski definition) is 3. The molecule has 0 N–H and O–H groups in total. The van der Waals surface area contributed by atoms with Crippen LogP contribution in [0.2, 0.25) is 0 Å². The summed E-state index contributed by atoms with van der Waals surface area (Å²) in [5, 5.41) is 0. The van der Waals surface area contributed by atoms with Gasteiger partial charge in [-0.05, 0) is 24.8 Å². The molecule has 3 rings (SSSR count). The maximum absolute atomic E-state index is 12.3. The molecule has 1 amide bonds. The minimum atomic E-state index is 0.330. The van der Waals surface area contributed by atoms with Crippen molar-refractivity contribution in [2.24, 2.45) is 0 Å². The van der Waals surface area contributed by atoms with Crippen LogP contribution in [0, 0.1) is 0 Å². The summed E-state index contributed by atoms with van der Waals surface area (Å²) in [6.45, 7) is 7.69. The largest absolute Gasteiger partial charge is 0.342 e. The first-order chi connectivity index (χ1) is 10.8. The Labute approximate surface area is 133 Å². The lowest BCUT2D eigenvalue weighted by Crippen LogP contribution is -2.50. The lowest BCUT2D eigenvalue weighted by Gasteiger charge is -2.36. The SMILES string of the molecule is O=C(CN1CCN(Cc2ccccc2)CC1)N1CCCCC1. The molecule has 0 radical (unpaired) electrons. The summed E-state index contributed by atoms with van der Waals surface area (Å²) in [5.74, 6) is 0.330. The molecule has 22 heavy (non-hydrogen) atoms. The summed E-state index contributed by atoms with van der Waals surface area (Å²) in [7, 11) is 0. The second kappa shape index (κ2) is 7.75. The van der Waals surface area contributed by atoms with Crippen LogP contribution in [0.5, 0.6) is 0 Å². The molecule has 0 atom stereocenters. The van der Waals surface area contributed by atoms with E-state index in [2.05, 4.69) is 45.0 Å². The van der Waals surface area contributed by atoms with Gasteiger partial charge in [-0.25, -0.2) is 0 Å². The van der Waals surface area contributed by atoms with E-state index in [1.165, 1.54) is 24.8 Å². The van der Waals surface area contributed by atoms with E-state index in [0.717, 1.165) is 45.8 Å². The fraction of sp³-hybridized carbons (Fsp3) is 0.611. The Hall–Kier alpha value is -1.39. The van der Waals surface area contributed by atoms with Crippen LogP contribution in [-0.4, -0.2) is 66.4 Å². The summed E-state index contributed by atoms with van der Waals surface area (Å²) in [4.78, 5) is 19.2. The maximum atomic E-state index is 12.3. The van der Waals surface area contributed by atoms with Crippen LogP contribution in [0.3, 0.4) is 0 Å². The molecule has 2 saturated heterocycles. The van der Waals surface area contributed by atoms with Crippen molar-refractivity contribution in [3.05, 3.63) is 35.9 Å². The Morgan fingerprint density at radius 1 is 0.818 bits per heavy atom. The van der Waals surface area contributed by atoms with Gasteiger partial charge in [0.15, 0.2) is 0 Å². The van der Waals surface area contributed by atoms with Crippen molar-refractivity contribution < 1.29 is 4.79 Å². The third-order valence-electron chi connectivity index (χ3n) is 4.78. The summed E-state index contributed by atoms with van der Waals surface area (Å²) in [6.07, 6.45) is 3.63. The number of benzene rings is 1. The minimum absolute atomic E-state index is 0.330. The standard InChI is InChI=1S/C18H27N3O/c22-18(21-9-5-2-6-10-21)16-20-13-11-19(12-14-20)15-17-7-3-1-4-8-17/h1,3-4,7-8H,2,5-6,9-16H2. The van der Waals surface area contributed by atoms with Gasteiger partial charge < -0.3 is 4.90 Å². The van der Waals surface area contributed by atoms with Crippen molar-refractivity contribution >= 4 is 5.91 Å². The first-order valence-electron chi connectivity index (χ1n) is 8.58. The highest BCUT2D eigenvalue weighted by molar-refractivity contribution is 5.78. The second-order valence-electron chi connectivity index (χ2n) is 6.48. The van der Waals surface area contributed by atoms with Gasteiger partial charge in [-0.3, -0.25) is 14.6 Å². The number of amides is 1. The van der Waals surface area contributed by atoms with E-state index in [-0.39, 0.29) is 0 Å². The number of carbonyl (C=O) groups is 1. The molecule has 2 aliphatic rings. The number of hydrogen-bond donors (Lipinski definition) is 0. The van der Waals surface area contributed by atoms with Crippen LogP contribution in [0.15, 0.2) is 30.3 Å².